The van der Waals surface area contributed by atoms with E-state index in [1.54, 1.807) is 20.8 Å². The SMILES string of the molecule is C=CC(=O)OCC(C)OCc1cc(COC(C)COC(=O)C=C)cc(COC(C)COC(=O)C=C)c1. The molecular formula is C27H36O9. The van der Waals surface area contributed by atoms with Gasteiger partial charge in [0.1, 0.15) is 19.8 Å². The molecule has 1 aromatic carbocycles. The van der Waals surface area contributed by atoms with Gasteiger partial charge in [-0.3, -0.25) is 0 Å². The van der Waals surface area contributed by atoms with E-state index in [1.807, 2.05) is 18.2 Å². The smallest absolute Gasteiger partial charge is 0.330 e. The molecule has 3 atom stereocenters. The van der Waals surface area contributed by atoms with Crippen LogP contribution in [0, 0.1) is 0 Å². The zero-order chi connectivity index (χ0) is 26.9. The molecule has 3 unspecified atom stereocenters. The van der Waals surface area contributed by atoms with Crippen molar-refractivity contribution in [2.45, 2.75) is 58.9 Å². The molecule has 198 valence electrons. The zero-order valence-corrected chi connectivity index (χ0v) is 21.2. The van der Waals surface area contributed by atoms with Crippen molar-refractivity contribution in [3.05, 3.63) is 72.9 Å². The molecule has 0 saturated carbocycles. The van der Waals surface area contributed by atoms with E-state index in [1.165, 1.54) is 0 Å². The second kappa shape index (κ2) is 17.2. The zero-order valence-electron chi connectivity index (χ0n) is 21.2. The Bertz CT molecular complexity index is 767. The molecule has 9 nitrogen and oxygen atoms in total. The second-order valence-corrected chi connectivity index (χ2v) is 8.03. The quantitative estimate of drug-likeness (QED) is 0.168. The van der Waals surface area contributed by atoms with Crippen LogP contribution in [0.2, 0.25) is 0 Å². The predicted octanol–water partition coefficient (Wildman–Crippen LogP) is 3.59. The highest BCUT2D eigenvalue weighted by atomic mass is 16.6. The molecule has 0 N–H and O–H groups in total. The minimum Gasteiger partial charge on any atom is -0.460 e. The molecule has 0 spiro atoms. The normalized spacial score (nSPS) is 13.1. The lowest BCUT2D eigenvalue weighted by molar-refractivity contribution is -0.142. The van der Waals surface area contributed by atoms with Gasteiger partial charge in [0.25, 0.3) is 0 Å². The van der Waals surface area contributed by atoms with E-state index in [4.69, 9.17) is 28.4 Å². The summed E-state index contributed by atoms with van der Waals surface area (Å²) in [7, 11) is 0. The van der Waals surface area contributed by atoms with Crippen LogP contribution in [0.15, 0.2) is 56.2 Å². The third-order valence-corrected chi connectivity index (χ3v) is 4.60. The van der Waals surface area contributed by atoms with Crippen molar-refractivity contribution >= 4 is 17.9 Å². The predicted molar refractivity (Wildman–Crippen MR) is 133 cm³/mol. The van der Waals surface area contributed by atoms with Crippen LogP contribution < -0.4 is 0 Å². The lowest BCUT2D eigenvalue weighted by Gasteiger charge is -2.17. The Balaban J connectivity index is 2.80. The van der Waals surface area contributed by atoms with Crippen molar-refractivity contribution in [3.63, 3.8) is 0 Å². The minimum absolute atomic E-state index is 0.103. The summed E-state index contributed by atoms with van der Waals surface area (Å²) in [6.07, 6.45) is 2.32. The minimum atomic E-state index is -0.509. The van der Waals surface area contributed by atoms with Crippen LogP contribution in [-0.2, 0) is 62.6 Å². The molecule has 0 radical (unpaired) electrons. The van der Waals surface area contributed by atoms with Crippen LogP contribution in [-0.4, -0.2) is 56.0 Å². The molecule has 0 bridgehead atoms. The molecule has 0 heterocycles. The Morgan fingerprint density at radius 2 is 0.861 bits per heavy atom. The van der Waals surface area contributed by atoms with Crippen molar-refractivity contribution in [2.75, 3.05) is 19.8 Å². The third-order valence-electron chi connectivity index (χ3n) is 4.60. The van der Waals surface area contributed by atoms with Gasteiger partial charge in [0, 0.05) is 18.2 Å². The van der Waals surface area contributed by atoms with Gasteiger partial charge in [0.05, 0.1) is 38.1 Å². The number of ether oxygens (including phenoxy) is 6. The largest absolute Gasteiger partial charge is 0.460 e. The molecule has 9 heteroatoms. The van der Waals surface area contributed by atoms with Crippen molar-refractivity contribution in [1.29, 1.82) is 0 Å². The summed E-state index contributed by atoms with van der Waals surface area (Å²) in [6.45, 7) is 16.6. The van der Waals surface area contributed by atoms with Gasteiger partial charge in [-0.1, -0.05) is 37.9 Å². The highest BCUT2D eigenvalue weighted by molar-refractivity contribution is 5.81. The Kier molecular flexibility index (Phi) is 14.7. The first-order chi connectivity index (χ1) is 17.2. The fourth-order valence-electron chi connectivity index (χ4n) is 2.72. The third kappa shape index (κ3) is 13.6. The van der Waals surface area contributed by atoms with Gasteiger partial charge in [-0.05, 0) is 37.5 Å². The van der Waals surface area contributed by atoms with Gasteiger partial charge in [0.2, 0.25) is 0 Å². The Morgan fingerprint density at radius 1 is 0.611 bits per heavy atom. The van der Waals surface area contributed by atoms with E-state index < -0.39 is 17.9 Å². The lowest BCUT2D eigenvalue weighted by atomic mass is 10.1. The monoisotopic (exact) mass is 504 g/mol. The first-order valence-corrected chi connectivity index (χ1v) is 11.5. The topological polar surface area (TPSA) is 107 Å². The Hall–Kier alpha value is -3.27. The van der Waals surface area contributed by atoms with Gasteiger partial charge in [0.15, 0.2) is 0 Å². The molecule has 1 aromatic rings. The van der Waals surface area contributed by atoms with Crippen LogP contribution in [0.5, 0.6) is 0 Å². The van der Waals surface area contributed by atoms with Gasteiger partial charge >= 0.3 is 17.9 Å². The number of esters is 3. The Labute approximate surface area is 212 Å². The highest BCUT2D eigenvalue weighted by Gasteiger charge is 2.11. The number of hydrogen-bond donors (Lipinski definition) is 0. The standard InChI is InChI=1S/C27H36O9/c1-7-25(28)34-13-19(4)31-16-22-10-23(17-32-20(5)14-35-26(29)8-2)12-24(11-22)18-33-21(6)15-36-27(30)9-3/h7-12,19-21H,1-3,13-18H2,4-6H3. The van der Waals surface area contributed by atoms with E-state index >= 15 is 0 Å². The van der Waals surface area contributed by atoms with Gasteiger partial charge < -0.3 is 28.4 Å². The van der Waals surface area contributed by atoms with Crippen molar-refractivity contribution < 1.29 is 42.8 Å². The molecule has 0 aliphatic carbocycles. The highest BCUT2D eigenvalue weighted by Crippen LogP contribution is 2.16. The maximum Gasteiger partial charge on any atom is 0.330 e. The maximum atomic E-state index is 11.2. The van der Waals surface area contributed by atoms with Crippen LogP contribution in [0.25, 0.3) is 0 Å². The summed E-state index contributed by atoms with van der Waals surface area (Å²) in [6, 6.07) is 5.80. The molecule has 1 rings (SSSR count). The van der Waals surface area contributed by atoms with Crippen molar-refractivity contribution in [2.24, 2.45) is 0 Å². The van der Waals surface area contributed by atoms with E-state index in [2.05, 4.69) is 19.7 Å². The molecule has 0 fully saturated rings. The molecule has 0 amide bonds. The first kappa shape index (κ1) is 30.8. The number of benzene rings is 1. The summed E-state index contributed by atoms with van der Waals surface area (Å²) in [5, 5.41) is 0. The first-order valence-electron chi connectivity index (χ1n) is 11.5. The summed E-state index contributed by atoms with van der Waals surface area (Å²) >= 11 is 0. The number of rotatable bonds is 18. The average Bonchev–Trinajstić information content (AvgIpc) is 2.89. The number of carbonyl (C=O) groups excluding carboxylic acids is 3. The molecule has 36 heavy (non-hydrogen) atoms. The van der Waals surface area contributed by atoms with Crippen molar-refractivity contribution in [3.8, 4) is 0 Å². The lowest BCUT2D eigenvalue weighted by Crippen LogP contribution is -2.19. The van der Waals surface area contributed by atoms with E-state index in [-0.39, 0.29) is 58.0 Å². The van der Waals surface area contributed by atoms with E-state index in [0.29, 0.717) is 0 Å². The molecule has 0 saturated heterocycles. The number of carbonyl (C=O) groups is 3. The average molecular weight is 505 g/mol. The fraction of sp³-hybridized carbons (Fsp3) is 0.444. The van der Waals surface area contributed by atoms with Crippen LogP contribution in [0.1, 0.15) is 37.5 Å². The summed E-state index contributed by atoms with van der Waals surface area (Å²) < 4.78 is 32.5. The molecule has 0 aliphatic heterocycles. The van der Waals surface area contributed by atoms with Crippen molar-refractivity contribution in [1.82, 2.24) is 0 Å². The summed E-state index contributed by atoms with van der Waals surface area (Å²) in [4.78, 5) is 33.7. The van der Waals surface area contributed by atoms with Gasteiger partial charge in [-0.15, -0.1) is 0 Å². The molecule has 0 aliphatic rings. The Morgan fingerprint density at radius 3 is 1.08 bits per heavy atom. The summed E-state index contributed by atoms with van der Waals surface area (Å²) in [5.41, 5.74) is 2.61. The van der Waals surface area contributed by atoms with Crippen LogP contribution >= 0.6 is 0 Å². The second-order valence-electron chi connectivity index (χ2n) is 8.03. The summed E-state index contributed by atoms with van der Waals surface area (Å²) in [5.74, 6) is -1.53. The van der Waals surface area contributed by atoms with E-state index in [0.717, 1.165) is 34.9 Å². The van der Waals surface area contributed by atoms with Gasteiger partial charge in [-0.25, -0.2) is 14.4 Å². The molecular weight excluding hydrogens is 468 g/mol. The van der Waals surface area contributed by atoms with Crippen LogP contribution in [0.3, 0.4) is 0 Å². The fourth-order valence-corrected chi connectivity index (χ4v) is 2.72. The maximum absolute atomic E-state index is 11.2. The van der Waals surface area contributed by atoms with Gasteiger partial charge in [-0.2, -0.15) is 0 Å². The molecule has 0 aromatic heterocycles. The van der Waals surface area contributed by atoms with E-state index in [9.17, 15) is 14.4 Å². The van der Waals surface area contributed by atoms with Crippen LogP contribution in [0.4, 0.5) is 0 Å². The number of hydrogen-bond acceptors (Lipinski definition) is 9.